The van der Waals surface area contributed by atoms with Crippen LogP contribution in [0.4, 0.5) is 5.69 Å². The number of carbonyl (C=O) groups excluding carboxylic acids is 1. The third kappa shape index (κ3) is 4.36. The third-order valence-corrected chi connectivity index (χ3v) is 2.70. The Morgan fingerprint density at radius 1 is 1.58 bits per heavy atom. The Morgan fingerprint density at radius 2 is 2.26 bits per heavy atom. The lowest BCUT2D eigenvalue weighted by molar-refractivity contribution is -0.384. The van der Waals surface area contributed by atoms with E-state index in [2.05, 4.69) is 19.2 Å². The number of hydrogen-bond donors (Lipinski definition) is 2. The van der Waals surface area contributed by atoms with Crippen LogP contribution in [0.5, 0.6) is 0 Å². The quantitative estimate of drug-likeness (QED) is 0.571. The molecule has 0 bridgehead atoms. The Morgan fingerprint density at radius 3 is 2.79 bits per heavy atom. The molecule has 0 atom stereocenters. The van der Waals surface area contributed by atoms with E-state index in [1.165, 1.54) is 12.3 Å². The minimum atomic E-state index is -0.494. The van der Waals surface area contributed by atoms with E-state index in [0.717, 1.165) is 6.42 Å². The highest BCUT2D eigenvalue weighted by Gasteiger charge is 2.18. The van der Waals surface area contributed by atoms with Crippen molar-refractivity contribution in [3.63, 3.8) is 0 Å². The highest BCUT2D eigenvalue weighted by Crippen LogP contribution is 2.18. The molecule has 7 heteroatoms. The molecule has 0 aromatic carbocycles. The van der Waals surface area contributed by atoms with E-state index < -0.39 is 4.92 Å². The van der Waals surface area contributed by atoms with Crippen molar-refractivity contribution >= 4 is 11.6 Å². The summed E-state index contributed by atoms with van der Waals surface area (Å²) in [7, 11) is 0. The molecule has 0 unspecified atom stereocenters. The molecule has 1 aromatic heterocycles. The minimum Gasteiger partial charge on any atom is -0.349 e. The molecule has 0 saturated carbocycles. The number of aromatic nitrogens is 1. The van der Waals surface area contributed by atoms with Gasteiger partial charge < -0.3 is 15.6 Å². The van der Waals surface area contributed by atoms with E-state index >= 15 is 0 Å². The first-order chi connectivity index (χ1) is 8.95. The van der Waals surface area contributed by atoms with Gasteiger partial charge in [-0.1, -0.05) is 13.8 Å². The monoisotopic (exact) mass is 268 g/mol. The molecule has 0 radical (unpaired) electrons. The molecule has 0 saturated heterocycles. The predicted molar refractivity (Wildman–Crippen MR) is 71.9 cm³/mol. The van der Waals surface area contributed by atoms with Crippen molar-refractivity contribution in [3.05, 3.63) is 28.1 Å². The molecule has 0 spiro atoms. The SMILES string of the molecule is CC(C)CCn1cc([N+](=O)[O-])cc1C(=O)NCCN. The standard InChI is InChI=1S/C12H20N4O3/c1-9(2)3-6-15-8-10(16(18)19)7-11(15)12(17)14-5-4-13/h7-9H,3-6,13H2,1-2H3,(H,14,17). The van der Waals surface area contributed by atoms with Gasteiger partial charge in [0.1, 0.15) is 5.69 Å². The third-order valence-electron chi connectivity index (χ3n) is 2.70. The number of carbonyl (C=O) groups is 1. The van der Waals surface area contributed by atoms with E-state index in [1.807, 2.05) is 0 Å². The maximum absolute atomic E-state index is 11.9. The van der Waals surface area contributed by atoms with E-state index in [1.54, 1.807) is 4.57 Å². The summed E-state index contributed by atoms with van der Waals surface area (Å²) >= 11 is 0. The van der Waals surface area contributed by atoms with Gasteiger partial charge in [0, 0.05) is 25.7 Å². The van der Waals surface area contributed by atoms with Crippen molar-refractivity contribution in [3.8, 4) is 0 Å². The van der Waals surface area contributed by atoms with E-state index in [9.17, 15) is 14.9 Å². The molecule has 0 aliphatic heterocycles. The first-order valence-corrected chi connectivity index (χ1v) is 6.28. The summed E-state index contributed by atoms with van der Waals surface area (Å²) in [6.07, 6.45) is 2.25. The van der Waals surface area contributed by atoms with Crippen LogP contribution < -0.4 is 11.1 Å². The Bertz CT molecular complexity index is 454. The van der Waals surface area contributed by atoms with E-state index in [4.69, 9.17) is 5.73 Å². The van der Waals surface area contributed by atoms with Gasteiger partial charge in [0.2, 0.25) is 0 Å². The van der Waals surface area contributed by atoms with Crippen LogP contribution in [0.15, 0.2) is 12.3 Å². The van der Waals surface area contributed by atoms with Crippen molar-refractivity contribution in [2.75, 3.05) is 13.1 Å². The van der Waals surface area contributed by atoms with Crippen LogP contribution in [-0.2, 0) is 6.54 Å². The van der Waals surface area contributed by atoms with Gasteiger partial charge in [-0.15, -0.1) is 0 Å². The van der Waals surface area contributed by atoms with Crippen LogP contribution in [0.3, 0.4) is 0 Å². The Hall–Kier alpha value is -1.89. The highest BCUT2D eigenvalue weighted by molar-refractivity contribution is 5.93. The number of nitro groups is 1. The second kappa shape index (κ2) is 6.89. The summed E-state index contributed by atoms with van der Waals surface area (Å²) in [5.41, 5.74) is 5.55. The number of aryl methyl sites for hydroxylation is 1. The molecule has 7 nitrogen and oxygen atoms in total. The van der Waals surface area contributed by atoms with Crippen molar-refractivity contribution in [2.24, 2.45) is 11.7 Å². The lowest BCUT2D eigenvalue weighted by atomic mass is 10.1. The molecule has 1 rings (SSSR count). The fourth-order valence-electron chi connectivity index (χ4n) is 1.64. The molecular weight excluding hydrogens is 248 g/mol. The zero-order valence-corrected chi connectivity index (χ0v) is 11.3. The number of hydrogen-bond acceptors (Lipinski definition) is 4. The van der Waals surface area contributed by atoms with Gasteiger partial charge in [0.05, 0.1) is 11.1 Å². The minimum absolute atomic E-state index is 0.0679. The van der Waals surface area contributed by atoms with E-state index in [-0.39, 0.29) is 11.6 Å². The van der Waals surface area contributed by atoms with Gasteiger partial charge in [0.15, 0.2) is 0 Å². The van der Waals surface area contributed by atoms with Gasteiger partial charge in [-0.05, 0) is 12.3 Å². The van der Waals surface area contributed by atoms with Crippen LogP contribution in [-0.4, -0.2) is 28.5 Å². The largest absolute Gasteiger partial charge is 0.349 e. The lowest BCUT2D eigenvalue weighted by Gasteiger charge is -2.10. The normalized spacial score (nSPS) is 10.7. The van der Waals surface area contributed by atoms with E-state index in [0.29, 0.717) is 31.2 Å². The zero-order valence-electron chi connectivity index (χ0n) is 11.3. The predicted octanol–water partition coefficient (Wildman–Crippen LogP) is 1.13. The van der Waals surface area contributed by atoms with Crippen molar-refractivity contribution in [1.82, 2.24) is 9.88 Å². The van der Waals surface area contributed by atoms with Gasteiger partial charge in [-0.25, -0.2) is 0 Å². The molecule has 1 aromatic rings. The first-order valence-electron chi connectivity index (χ1n) is 6.28. The van der Waals surface area contributed by atoms with Gasteiger partial charge >= 0.3 is 0 Å². The van der Waals surface area contributed by atoms with Crippen molar-refractivity contribution in [2.45, 2.75) is 26.8 Å². The second-order valence-electron chi connectivity index (χ2n) is 4.76. The molecule has 1 amide bonds. The molecule has 106 valence electrons. The lowest BCUT2D eigenvalue weighted by Crippen LogP contribution is -2.30. The Balaban J connectivity index is 2.92. The summed E-state index contributed by atoms with van der Waals surface area (Å²) < 4.78 is 1.63. The number of nitrogens with zero attached hydrogens (tertiary/aromatic N) is 2. The molecule has 3 N–H and O–H groups in total. The fourth-order valence-corrected chi connectivity index (χ4v) is 1.64. The maximum atomic E-state index is 11.9. The van der Waals surface area contributed by atoms with Crippen LogP contribution >= 0.6 is 0 Å². The molecule has 0 fully saturated rings. The average Bonchev–Trinajstić information content (AvgIpc) is 2.77. The zero-order chi connectivity index (χ0) is 14.4. The molecular formula is C12H20N4O3. The molecule has 19 heavy (non-hydrogen) atoms. The number of nitrogens with two attached hydrogens (primary N) is 1. The molecule has 0 aliphatic carbocycles. The Labute approximate surface area is 111 Å². The highest BCUT2D eigenvalue weighted by atomic mass is 16.6. The summed E-state index contributed by atoms with van der Waals surface area (Å²) in [5, 5.41) is 13.4. The van der Waals surface area contributed by atoms with Crippen LogP contribution in [0.1, 0.15) is 30.8 Å². The van der Waals surface area contributed by atoms with Crippen molar-refractivity contribution < 1.29 is 9.72 Å². The molecule has 1 heterocycles. The van der Waals surface area contributed by atoms with Gasteiger partial charge in [-0.2, -0.15) is 0 Å². The summed E-state index contributed by atoms with van der Waals surface area (Å²) in [5.74, 6) is 0.128. The maximum Gasteiger partial charge on any atom is 0.287 e. The number of nitrogens with one attached hydrogen (secondary N) is 1. The van der Waals surface area contributed by atoms with Crippen molar-refractivity contribution in [1.29, 1.82) is 0 Å². The summed E-state index contributed by atoms with van der Waals surface area (Å²) in [4.78, 5) is 22.2. The van der Waals surface area contributed by atoms with Gasteiger partial charge in [-0.3, -0.25) is 14.9 Å². The smallest absolute Gasteiger partial charge is 0.287 e. The van der Waals surface area contributed by atoms with Crippen LogP contribution in [0.25, 0.3) is 0 Å². The topological polar surface area (TPSA) is 103 Å². The van der Waals surface area contributed by atoms with Gasteiger partial charge in [0.25, 0.3) is 11.6 Å². The van der Waals surface area contributed by atoms with Crippen LogP contribution in [0.2, 0.25) is 0 Å². The average molecular weight is 268 g/mol. The first kappa shape index (κ1) is 15.2. The number of rotatable bonds is 7. The van der Waals surface area contributed by atoms with Crippen LogP contribution in [0, 0.1) is 16.0 Å². The second-order valence-corrected chi connectivity index (χ2v) is 4.76. The Kier molecular flexibility index (Phi) is 5.50. The molecule has 0 aliphatic rings. The summed E-state index contributed by atoms with van der Waals surface area (Å²) in [6, 6.07) is 1.30. The number of amides is 1. The fraction of sp³-hybridized carbons (Fsp3) is 0.583. The summed E-state index contributed by atoms with van der Waals surface area (Å²) in [6.45, 7) is 5.39.